The summed E-state index contributed by atoms with van der Waals surface area (Å²) in [5.74, 6) is -0.0501. The maximum absolute atomic E-state index is 12.4. The summed E-state index contributed by atoms with van der Waals surface area (Å²) < 4.78 is 0. The van der Waals surface area contributed by atoms with Crippen LogP contribution in [0.3, 0.4) is 0 Å². The average molecular weight is 354 g/mol. The summed E-state index contributed by atoms with van der Waals surface area (Å²) in [4.78, 5) is 17.9. The van der Waals surface area contributed by atoms with Crippen molar-refractivity contribution in [1.82, 2.24) is 4.90 Å². The molecule has 1 aromatic heterocycles. The molecule has 6 heteroatoms. The van der Waals surface area contributed by atoms with Crippen LogP contribution in [0.1, 0.15) is 16.0 Å². The number of aryl methyl sites for hydroxylation is 1. The number of nitrogens with one attached hydrogen (secondary N) is 1. The highest BCUT2D eigenvalue weighted by Crippen LogP contribution is 2.31. The zero-order valence-corrected chi connectivity index (χ0v) is 15.4. The molecule has 2 heterocycles. The molecule has 0 unspecified atom stereocenters. The highest BCUT2D eigenvalue weighted by atomic mass is 32.1. The van der Waals surface area contributed by atoms with E-state index < -0.39 is 0 Å². The number of hydrogen-bond acceptors (Lipinski definition) is 5. The molecule has 25 heavy (non-hydrogen) atoms. The zero-order chi connectivity index (χ0) is 17.8. The fraction of sp³-hybridized carbons (Fsp3) is 0.368. The lowest BCUT2D eigenvalue weighted by atomic mass is 10.2. The van der Waals surface area contributed by atoms with Crippen LogP contribution >= 0.6 is 11.3 Å². The van der Waals surface area contributed by atoms with Gasteiger partial charge in [0, 0.05) is 36.7 Å². The third-order valence-corrected chi connectivity index (χ3v) is 5.73. The molecule has 0 aliphatic carbocycles. The number of carbonyl (C=O) groups is 1. The fourth-order valence-corrected chi connectivity index (χ4v) is 4.05. The number of para-hydroxylation sites is 1. The molecule has 130 valence electrons. The van der Waals surface area contributed by atoms with Gasteiger partial charge in [-0.15, -0.1) is 11.3 Å². The highest BCUT2D eigenvalue weighted by molar-refractivity contribution is 7.16. The van der Waals surface area contributed by atoms with Gasteiger partial charge in [-0.3, -0.25) is 9.69 Å². The normalized spacial score (nSPS) is 15.0. The maximum atomic E-state index is 12.4. The van der Waals surface area contributed by atoms with Crippen LogP contribution in [0.5, 0.6) is 0 Å². The van der Waals surface area contributed by atoms with Crippen molar-refractivity contribution in [2.75, 3.05) is 42.9 Å². The highest BCUT2D eigenvalue weighted by Gasteiger charge is 2.20. The molecule has 1 aromatic carbocycles. The first-order chi connectivity index (χ1) is 12.1. The Balaban J connectivity index is 1.53. The van der Waals surface area contributed by atoms with Crippen LogP contribution in [0.15, 0.2) is 30.3 Å². The predicted molar refractivity (Wildman–Crippen MR) is 102 cm³/mol. The second-order valence-corrected chi connectivity index (χ2v) is 7.47. The smallest absolute Gasteiger partial charge is 0.239 e. The molecule has 5 nitrogen and oxygen atoms in total. The number of carbonyl (C=O) groups excluding carboxylic acids is 1. The second kappa shape index (κ2) is 7.68. The molecule has 2 aromatic rings. The van der Waals surface area contributed by atoms with Gasteiger partial charge in [-0.25, -0.2) is 0 Å². The van der Waals surface area contributed by atoms with E-state index in [-0.39, 0.29) is 5.91 Å². The number of hydrogen-bond donors (Lipinski definition) is 1. The molecular weight excluding hydrogens is 332 g/mol. The number of nitrogens with zero attached hydrogens (tertiary/aromatic N) is 3. The first kappa shape index (κ1) is 17.5. The van der Waals surface area contributed by atoms with E-state index in [2.05, 4.69) is 33.3 Å². The van der Waals surface area contributed by atoms with Gasteiger partial charge in [0.25, 0.3) is 0 Å². The number of anilines is 2. The predicted octanol–water partition coefficient (Wildman–Crippen LogP) is 3.00. The van der Waals surface area contributed by atoms with E-state index in [0.29, 0.717) is 17.1 Å². The summed E-state index contributed by atoms with van der Waals surface area (Å²) in [6, 6.07) is 12.5. The number of piperazine rings is 1. The quantitative estimate of drug-likeness (QED) is 0.917. The lowest BCUT2D eigenvalue weighted by Crippen LogP contribution is -2.48. The Morgan fingerprint density at radius 3 is 2.52 bits per heavy atom. The minimum Gasteiger partial charge on any atom is -0.369 e. The van der Waals surface area contributed by atoms with E-state index in [1.54, 1.807) is 0 Å². The molecule has 0 bridgehead atoms. The third kappa shape index (κ3) is 4.01. The van der Waals surface area contributed by atoms with E-state index >= 15 is 0 Å². The Labute approximate surface area is 152 Å². The van der Waals surface area contributed by atoms with E-state index in [9.17, 15) is 10.1 Å². The molecule has 1 saturated heterocycles. The molecular formula is C19H22N4OS. The lowest BCUT2D eigenvalue weighted by Gasteiger charge is -2.35. The molecule has 1 aliphatic heterocycles. The van der Waals surface area contributed by atoms with Gasteiger partial charge in [0.2, 0.25) is 5.91 Å². The fourth-order valence-electron chi connectivity index (χ4n) is 3.02. The lowest BCUT2D eigenvalue weighted by molar-refractivity contribution is -0.117. The molecule has 0 atom stereocenters. The number of amides is 1. The third-order valence-electron chi connectivity index (χ3n) is 4.61. The van der Waals surface area contributed by atoms with Gasteiger partial charge >= 0.3 is 0 Å². The van der Waals surface area contributed by atoms with Crippen LogP contribution in [-0.4, -0.2) is 43.5 Å². The van der Waals surface area contributed by atoms with Crippen molar-refractivity contribution >= 4 is 27.9 Å². The molecule has 1 aliphatic rings. The van der Waals surface area contributed by atoms with E-state index in [1.165, 1.54) is 17.0 Å². The van der Waals surface area contributed by atoms with Crippen LogP contribution in [0.4, 0.5) is 10.7 Å². The van der Waals surface area contributed by atoms with Crippen LogP contribution < -0.4 is 10.2 Å². The summed E-state index contributed by atoms with van der Waals surface area (Å²) in [7, 11) is 0. The minimum atomic E-state index is -0.0501. The Morgan fingerprint density at radius 1 is 1.20 bits per heavy atom. The molecule has 1 amide bonds. The van der Waals surface area contributed by atoms with E-state index in [1.807, 2.05) is 32.0 Å². The molecule has 1 fully saturated rings. The Morgan fingerprint density at radius 2 is 1.88 bits per heavy atom. The largest absolute Gasteiger partial charge is 0.369 e. The summed E-state index contributed by atoms with van der Waals surface area (Å²) in [6.45, 7) is 7.80. The number of thiophene rings is 1. The van der Waals surface area contributed by atoms with Crippen molar-refractivity contribution in [3.05, 3.63) is 46.3 Å². The van der Waals surface area contributed by atoms with Crippen molar-refractivity contribution in [3.63, 3.8) is 0 Å². The van der Waals surface area contributed by atoms with Crippen molar-refractivity contribution < 1.29 is 4.79 Å². The van der Waals surface area contributed by atoms with Crippen molar-refractivity contribution in [3.8, 4) is 6.07 Å². The van der Waals surface area contributed by atoms with Crippen molar-refractivity contribution in [2.24, 2.45) is 0 Å². The summed E-state index contributed by atoms with van der Waals surface area (Å²) in [6.07, 6.45) is 0. The second-order valence-electron chi connectivity index (χ2n) is 6.25. The van der Waals surface area contributed by atoms with Gasteiger partial charge < -0.3 is 10.2 Å². The summed E-state index contributed by atoms with van der Waals surface area (Å²) in [5, 5.41) is 12.9. The number of benzene rings is 1. The number of nitriles is 1. The first-order valence-corrected chi connectivity index (χ1v) is 9.22. The standard InChI is InChI=1S/C19H22N4OS/c1-14-15(2)25-19(17(14)12-20)21-18(24)13-22-8-10-23(11-9-22)16-6-4-3-5-7-16/h3-7H,8-11,13H2,1-2H3,(H,21,24). The van der Waals surface area contributed by atoms with Gasteiger partial charge in [0.05, 0.1) is 12.1 Å². The van der Waals surface area contributed by atoms with Crippen molar-refractivity contribution in [1.29, 1.82) is 5.26 Å². The van der Waals surface area contributed by atoms with Crippen LogP contribution in [0.2, 0.25) is 0 Å². The minimum absolute atomic E-state index is 0.0501. The summed E-state index contributed by atoms with van der Waals surface area (Å²) in [5.41, 5.74) is 2.78. The van der Waals surface area contributed by atoms with Crippen LogP contribution in [0.25, 0.3) is 0 Å². The first-order valence-electron chi connectivity index (χ1n) is 8.40. The van der Waals surface area contributed by atoms with Gasteiger partial charge in [0.15, 0.2) is 0 Å². The Kier molecular flexibility index (Phi) is 5.37. The van der Waals surface area contributed by atoms with E-state index in [0.717, 1.165) is 36.6 Å². The average Bonchev–Trinajstić information content (AvgIpc) is 2.89. The number of rotatable bonds is 4. The van der Waals surface area contributed by atoms with Crippen LogP contribution in [0, 0.1) is 25.2 Å². The molecule has 0 spiro atoms. The molecule has 3 rings (SSSR count). The summed E-state index contributed by atoms with van der Waals surface area (Å²) >= 11 is 1.47. The van der Waals surface area contributed by atoms with Crippen molar-refractivity contribution in [2.45, 2.75) is 13.8 Å². The van der Waals surface area contributed by atoms with E-state index in [4.69, 9.17) is 0 Å². The molecule has 0 radical (unpaired) electrons. The SMILES string of the molecule is Cc1sc(NC(=O)CN2CCN(c3ccccc3)CC2)c(C#N)c1C. The van der Waals surface area contributed by atoms with Crippen LogP contribution in [-0.2, 0) is 4.79 Å². The molecule has 1 N–H and O–H groups in total. The van der Waals surface area contributed by atoms with Gasteiger partial charge in [-0.2, -0.15) is 5.26 Å². The van der Waals surface area contributed by atoms with Gasteiger partial charge in [-0.1, -0.05) is 18.2 Å². The zero-order valence-electron chi connectivity index (χ0n) is 14.6. The Bertz CT molecular complexity index is 786. The molecule has 0 saturated carbocycles. The van der Waals surface area contributed by atoms with Gasteiger partial charge in [-0.05, 0) is 31.5 Å². The Hall–Kier alpha value is -2.36. The van der Waals surface area contributed by atoms with Gasteiger partial charge in [0.1, 0.15) is 11.1 Å². The topological polar surface area (TPSA) is 59.4 Å². The maximum Gasteiger partial charge on any atom is 0.239 e. The monoisotopic (exact) mass is 354 g/mol.